The van der Waals surface area contributed by atoms with Gasteiger partial charge in [-0.05, 0) is 25.0 Å². The molecule has 0 spiro atoms. The summed E-state index contributed by atoms with van der Waals surface area (Å²) in [5.74, 6) is -0.318. The molecule has 1 aromatic rings. The van der Waals surface area contributed by atoms with Gasteiger partial charge in [0.05, 0.1) is 5.75 Å². The number of thioether (sulfide) groups is 2. The lowest BCUT2D eigenvalue weighted by Crippen LogP contribution is -2.17. The average Bonchev–Trinajstić information content (AvgIpc) is 3.00. The Morgan fingerprint density at radius 2 is 2.26 bits per heavy atom. The number of imidazole rings is 1. The van der Waals surface area contributed by atoms with Crippen molar-refractivity contribution in [3.8, 4) is 0 Å². The molecule has 1 aromatic heterocycles. The van der Waals surface area contributed by atoms with Crippen LogP contribution in [0.5, 0.6) is 0 Å². The maximum Gasteiger partial charge on any atom is 0.313 e. The number of carboxylic acid groups (broad SMARTS) is 1. The van der Waals surface area contributed by atoms with Crippen molar-refractivity contribution in [2.24, 2.45) is 0 Å². The molecular weight excluding hydrogens is 280 g/mol. The van der Waals surface area contributed by atoms with E-state index >= 15 is 0 Å². The second-order valence-electron chi connectivity index (χ2n) is 5.28. The summed E-state index contributed by atoms with van der Waals surface area (Å²) < 4.78 is 2.57. The molecule has 0 aromatic carbocycles. The van der Waals surface area contributed by atoms with E-state index in [1.165, 1.54) is 30.3 Å². The van der Waals surface area contributed by atoms with Crippen LogP contribution in [0.2, 0.25) is 0 Å². The van der Waals surface area contributed by atoms with E-state index in [9.17, 15) is 4.79 Å². The number of carbonyl (C=O) groups is 1. The predicted octanol–water partition coefficient (Wildman–Crippen LogP) is 3.08. The summed E-state index contributed by atoms with van der Waals surface area (Å²) in [6.45, 7) is 5.25. The minimum Gasteiger partial charge on any atom is -0.481 e. The van der Waals surface area contributed by atoms with Crippen molar-refractivity contribution in [1.29, 1.82) is 0 Å². The predicted molar refractivity (Wildman–Crippen MR) is 80.2 cm³/mol. The minimum atomic E-state index is -0.795. The van der Waals surface area contributed by atoms with Crippen molar-refractivity contribution < 1.29 is 9.90 Å². The number of rotatable bonds is 7. The number of hydrogen-bond donors (Lipinski definition) is 1. The third-order valence-electron chi connectivity index (χ3n) is 3.45. The van der Waals surface area contributed by atoms with E-state index in [1.54, 1.807) is 0 Å². The summed E-state index contributed by atoms with van der Waals surface area (Å²) in [7, 11) is 0. The normalized spacial score (nSPS) is 16.8. The fourth-order valence-corrected chi connectivity index (χ4v) is 3.56. The monoisotopic (exact) mass is 300 g/mol. The molecule has 0 unspecified atom stereocenters. The molecule has 1 aliphatic rings. The van der Waals surface area contributed by atoms with Crippen molar-refractivity contribution in [3.05, 3.63) is 11.9 Å². The molecule has 6 heteroatoms. The van der Waals surface area contributed by atoms with Gasteiger partial charge in [0.2, 0.25) is 0 Å². The zero-order valence-electron chi connectivity index (χ0n) is 11.5. The molecule has 0 aliphatic heterocycles. The summed E-state index contributed by atoms with van der Waals surface area (Å²) in [6, 6.07) is 0. The number of carboxylic acids is 1. The second-order valence-corrected chi connectivity index (χ2v) is 7.49. The van der Waals surface area contributed by atoms with Gasteiger partial charge in [-0.25, -0.2) is 4.98 Å². The van der Waals surface area contributed by atoms with Gasteiger partial charge in [-0.3, -0.25) is 4.79 Å². The first kappa shape index (κ1) is 14.8. The SMILES string of the molecule is CSC1(Cn2c(C(C)C)cnc2SCC(=O)O)CC1. The maximum absolute atomic E-state index is 10.7. The first-order valence-electron chi connectivity index (χ1n) is 6.42. The zero-order chi connectivity index (χ0) is 14.0. The van der Waals surface area contributed by atoms with Gasteiger partial charge in [0.1, 0.15) is 0 Å². The maximum atomic E-state index is 10.7. The standard InChI is InChI=1S/C13H20N2O2S2/c1-9(2)10-6-14-12(19-7-11(16)17)15(10)8-13(18-3)4-5-13/h6,9H,4-5,7-8H2,1-3H3,(H,16,17). The molecule has 1 fully saturated rings. The Balaban J connectivity index is 2.20. The number of hydrogen-bond acceptors (Lipinski definition) is 4. The van der Waals surface area contributed by atoms with Gasteiger partial charge >= 0.3 is 5.97 Å². The Hall–Kier alpha value is -0.620. The highest BCUT2D eigenvalue weighted by atomic mass is 32.2. The van der Waals surface area contributed by atoms with Crippen molar-refractivity contribution in [2.75, 3.05) is 12.0 Å². The highest BCUT2D eigenvalue weighted by molar-refractivity contribution is 8.00. The zero-order valence-corrected chi connectivity index (χ0v) is 13.2. The van der Waals surface area contributed by atoms with Gasteiger partial charge in [-0.15, -0.1) is 0 Å². The summed E-state index contributed by atoms with van der Waals surface area (Å²) in [5.41, 5.74) is 1.20. The quantitative estimate of drug-likeness (QED) is 0.784. The second kappa shape index (κ2) is 5.79. The van der Waals surface area contributed by atoms with Crippen LogP contribution in [-0.2, 0) is 11.3 Å². The molecule has 0 radical (unpaired) electrons. The average molecular weight is 300 g/mol. The molecule has 1 N–H and O–H groups in total. The van der Waals surface area contributed by atoms with Crippen LogP contribution in [0.1, 0.15) is 38.3 Å². The lowest BCUT2D eigenvalue weighted by atomic mass is 10.1. The van der Waals surface area contributed by atoms with E-state index in [0.717, 1.165) is 11.7 Å². The number of aromatic nitrogens is 2. The Morgan fingerprint density at radius 1 is 1.58 bits per heavy atom. The summed E-state index contributed by atoms with van der Waals surface area (Å²) in [4.78, 5) is 15.1. The van der Waals surface area contributed by atoms with E-state index in [4.69, 9.17) is 5.11 Å². The van der Waals surface area contributed by atoms with Crippen molar-refractivity contribution >= 4 is 29.5 Å². The topological polar surface area (TPSA) is 55.1 Å². The Morgan fingerprint density at radius 3 is 2.74 bits per heavy atom. The number of aliphatic carboxylic acids is 1. The molecular formula is C13H20N2O2S2. The molecule has 1 aliphatic carbocycles. The van der Waals surface area contributed by atoms with Gasteiger partial charge in [0, 0.05) is 23.2 Å². The molecule has 0 amide bonds. The third kappa shape index (κ3) is 3.48. The van der Waals surface area contributed by atoms with E-state index < -0.39 is 5.97 Å². The number of nitrogens with zero attached hydrogens (tertiary/aromatic N) is 2. The third-order valence-corrected chi connectivity index (χ3v) is 5.83. The molecule has 19 heavy (non-hydrogen) atoms. The summed E-state index contributed by atoms with van der Waals surface area (Å²) in [5, 5.41) is 9.65. The summed E-state index contributed by atoms with van der Waals surface area (Å²) in [6.07, 6.45) is 6.54. The first-order chi connectivity index (χ1) is 8.97. The van der Waals surface area contributed by atoms with Crippen LogP contribution in [-0.4, -0.2) is 37.4 Å². The van der Waals surface area contributed by atoms with Crippen LogP contribution in [0.15, 0.2) is 11.4 Å². The lowest BCUT2D eigenvalue weighted by Gasteiger charge is -2.19. The molecule has 1 heterocycles. The molecule has 0 atom stereocenters. The van der Waals surface area contributed by atoms with Crippen LogP contribution in [0.3, 0.4) is 0 Å². The van der Waals surface area contributed by atoms with Crippen LogP contribution in [0, 0.1) is 0 Å². The van der Waals surface area contributed by atoms with Crippen LogP contribution in [0.4, 0.5) is 0 Å². The molecule has 4 nitrogen and oxygen atoms in total. The first-order valence-corrected chi connectivity index (χ1v) is 8.63. The molecule has 0 bridgehead atoms. The fourth-order valence-electron chi connectivity index (χ4n) is 2.09. The Bertz CT molecular complexity index is 467. The Labute approximate surface area is 122 Å². The van der Waals surface area contributed by atoms with E-state index in [2.05, 4.69) is 29.7 Å². The molecule has 1 saturated carbocycles. The molecule has 106 valence electrons. The molecule has 2 rings (SSSR count). The highest BCUT2D eigenvalue weighted by Gasteiger charge is 2.43. The van der Waals surface area contributed by atoms with Crippen molar-refractivity contribution in [2.45, 2.75) is 49.1 Å². The van der Waals surface area contributed by atoms with Gasteiger partial charge in [0.15, 0.2) is 5.16 Å². The van der Waals surface area contributed by atoms with Gasteiger partial charge in [0.25, 0.3) is 0 Å². The summed E-state index contributed by atoms with van der Waals surface area (Å²) >= 11 is 3.23. The van der Waals surface area contributed by atoms with Gasteiger partial charge in [-0.1, -0.05) is 25.6 Å². The van der Waals surface area contributed by atoms with Crippen LogP contribution < -0.4 is 0 Å². The Kier molecular flexibility index (Phi) is 4.50. The van der Waals surface area contributed by atoms with E-state index in [1.807, 2.05) is 18.0 Å². The van der Waals surface area contributed by atoms with E-state index in [0.29, 0.717) is 10.7 Å². The lowest BCUT2D eigenvalue weighted by molar-refractivity contribution is -0.133. The van der Waals surface area contributed by atoms with Gasteiger partial charge < -0.3 is 9.67 Å². The minimum absolute atomic E-state index is 0.0703. The van der Waals surface area contributed by atoms with Crippen molar-refractivity contribution in [3.63, 3.8) is 0 Å². The smallest absolute Gasteiger partial charge is 0.313 e. The highest BCUT2D eigenvalue weighted by Crippen LogP contribution is 2.49. The van der Waals surface area contributed by atoms with E-state index in [-0.39, 0.29) is 5.75 Å². The largest absolute Gasteiger partial charge is 0.481 e. The van der Waals surface area contributed by atoms with Crippen molar-refractivity contribution in [1.82, 2.24) is 9.55 Å². The molecule has 0 saturated heterocycles. The van der Waals surface area contributed by atoms with Crippen LogP contribution in [0.25, 0.3) is 0 Å². The van der Waals surface area contributed by atoms with Gasteiger partial charge in [-0.2, -0.15) is 11.8 Å². The fraction of sp³-hybridized carbons (Fsp3) is 0.692. The van der Waals surface area contributed by atoms with Crippen LogP contribution >= 0.6 is 23.5 Å².